The van der Waals surface area contributed by atoms with Crippen LogP contribution in [0.1, 0.15) is 53.1 Å². The van der Waals surface area contributed by atoms with E-state index in [9.17, 15) is 14.4 Å². The van der Waals surface area contributed by atoms with Crippen molar-refractivity contribution < 1.29 is 24.2 Å². The van der Waals surface area contributed by atoms with Crippen LogP contribution in [-0.4, -0.2) is 69.6 Å². The molecule has 0 bridgehead atoms. The average Bonchev–Trinajstić information content (AvgIpc) is 3.19. The lowest BCUT2D eigenvalue weighted by molar-refractivity contribution is -0.135. The highest BCUT2D eigenvalue weighted by Gasteiger charge is 2.29. The van der Waals surface area contributed by atoms with Gasteiger partial charge >= 0.3 is 0 Å². The highest BCUT2D eigenvalue weighted by molar-refractivity contribution is 6.06. The van der Waals surface area contributed by atoms with Crippen LogP contribution in [0.3, 0.4) is 0 Å². The monoisotopic (exact) mass is 507 g/mol. The zero-order chi connectivity index (χ0) is 26.5. The quantitative estimate of drug-likeness (QED) is 0.430. The Kier molecular flexibility index (Phi) is 8.08. The lowest BCUT2D eigenvalue weighted by Crippen LogP contribution is -2.47. The molecule has 3 aromatic rings. The van der Waals surface area contributed by atoms with E-state index < -0.39 is 6.61 Å². The molecule has 3 N–H and O–H groups in total. The Morgan fingerprint density at radius 2 is 1.81 bits per heavy atom. The second-order valence-corrected chi connectivity index (χ2v) is 8.99. The van der Waals surface area contributed by atoms with E-state index in [4.69, 9.17) is 14.8 Å². The van der Waals surface area contributed by atoms with Crippen LogP contribution in [0.4, 0.5) is 5.82 Å². The Morgan fingerprint density at radius 3 is 2.43 bits per heavy atom. The third-order valence-corrected chi connectivity index (χ3v) is 6.68. The Labute approximate surface area is 215 Å². The smallest absolute Gasteiger partial charge is 0.272 e. The van der Waals surface area contributed by atoms with Crippen molar-refractivity contribution in [1.82, 2.24) is 19.8 Å². The summed E-state index contributed by atoms with van der Waals surface area (Å²) in [4.78, 5) is 44.4. The first-order valence-corrected chi connectivity index (χ1v) is 12.6. The van der Waals surface area contributed by atoms with E-state index in [1.807, 2.05) is 26.0 Å². The highest BCUT2D eigenvalue weighted by atomic mass is 16.5. The molecule has 0 atom stereocenters. The van der Waals surface area contributed by atoms with Gasteiger partial charge in [0.05, 0.1) is 12.1 Å². The number of hydrogen-bond acceptors (Lipinski definition) is 6. The van der Waals surface area contributed by atoms with Crippen LogP contribution in [0.5, 0.6) is 5.75 Å². The van der Waals surface area contributed by atoms with Crippen molar-refractivity contribution in [3.05, 3.63) is 53.2 Å². The molecule has 1 fully saturated rings. The third kappa shape index (κ3) is 5.43. The van der Waals surface area contributed by atoms with Crippen molar-refractivity contribution in [2.45, 2.75) is 39.2 Å². The number of aromatic nitrogens is 2. The minimum atomic E-state index is -0.509. The Morgan fingerprint density at radius 1 is 1.11 bits per heavy atom. The summed E-state index contributed by atoms with van der Waals surface area (Å²) in [6, 6.07) is 10.7. The number of hydrogen-bond donors (Lipinski definition) is 3. The van der Waals surface area contributed by atoms with Crippen molar-refractivity contribution in [1.29, 1.82) is 0 Å². The maximum absolute atomic E-state index is 13.4. The fraction of sp³-hybridized carbons (Fsp3) is 0.407. The number of aliphatic hydroxyl groups is 1. The molecule has 1 aliphatic heterocycles. The molecular weight excluding hydrogens is 474 g/mol. The van der Waals surface area contributed by atoms with Gasteiger partial charge < -0.3 is 29.9 Å². The number of anilines is 1. The first kappa shape index (κ1) is 26.2. The Balaban J connectivity index is 1.64. The topological polar surface area (TPSA) is 126 Å². The van der Waals surface area contributed by atoms with Crippen molar-refractivity contribution in [2.24, 2.45) is 7.05 Å². The van der Waals surface area contributed by atoms with Crippen molar-refractivity contribution >= 4 is 34.6 Å². The standard InChI is InChI=1S/C27H33N5O5/c1-4-17-15-20-22(29-25(17)30-26(35)18-9-7-6-8-10-18)24(37-5-2)23(31(20)3)27(36)28-19-11-13-32(14-12-19)21(34)16-33/h6-10,15,19,33H,4-5,11-14,16H2,1-3H3,(H,28,36)(H,29,30,35). The summed E-state index contributed by atoms with van der Waals surface area (Å²) in [5, 5.41) is 15.1. The van der Waals surface area contributed by atoms with E-state index >= 15 is 0 Å². The van der Waals surface area contributed by atoms with E-state index in [2.05, 4.69) is 10.6 Å². The maximum Gasteiger partial charge on any atom is 0.272 e. The minimum absolute atomic E-state index is 0.109. The molecule has 37 heavy (non-hydrogen) atoms. The summed E-state index contributed by atoms with van der Waals surface area (Å²) in [6.07, 6.45) is 1.83. The molecule has 0 spiro atoms. The van der Waals surface area contributed by atoms with E-state index in [0.717, 1.165) is 11.1 Å². The Hall–Kier alpha value is -3.92. The predicted molar refractivity (Wildman–Crippen MR) is 140 cm³/mol. The van der Waals surface area contributed by atoms with E-state index in [0.29, 0.717) is 67.3 Å². The summed E-state index contributed by atoms with van der Waals surface area (Å²) in [5.74, 6) is -0.0552. The number of aliphatic hydroxyl groups excluding tert-OH is 1. The number of benzene rings is 1. The van der Waals surface area contributed by atoms with Gasteiger partial charge in [0.2, 0.25) is 5.91 Å². The van der Waals surface area contributed by atoms with Gasteiger partial charge in [-0.05, 0) is 49.9 Å². The van der Waals surface area contributed by atoms with Crippen LogP contribution in [0, 0.1) is 0 Å². The molecule has 3 heterocycles. The molecule has 0 radical (unpaired) electrons. The van der Waals surface area contributed by atoms with Crippen molar-refractivity contribution in [3.63, 3.8) is 0 Å². The summed E-state index contributed by atoms with van der Waals surface area (Å²) < 4.78 is 7.70. The van der Waals surface area contributed by atoms with Crippen molar-refractivity contribution in [2.75, 3.05) is 31.6 Å². The maximum atomic E-state index is 13.4. The van der Waals surface area contributed by atoms with E-state index in [1.54, 1.807) is 40.8 Å². The number of pyridine rings is 1. The molecule has 4 rings (SSSR count). The van der Waals surface area contributed by atoms with Gasteiger partial charge in [0.1, 0.15) is 17.9 Å². The second-order valence-electron chi connectivity index (χ2n) is 8.99. The van der Waals surface area contributed by atoms with Crippen LogP contribution in [-0.2, 0) is 18.3 Å². The lowest BCUT2D eigenvalue weighted by Gasteiger charge is -2.32. The van der Waals surface area contributed by atoms with Gasteiger partial charge in [-0.2, -0.15) is 0 Å². The molecule has 0 saturated carbocycles. The van der Waals surface area contributed by atoms with Gasteiger partial charge in [-0.3, -0.25) is 14.4 Å². The molecule has 10 nitrogen and oxygen atoms in total. The fourth-order valence-corrected chi connectivity index (χ4v) is 4.66. The highest BCUT2D eigenvalue weighted by Crippen LogP contribution is 2.34. The third-order valence-electron chi connectivity index (χ3n) is 6.68. The van der Waals surface area contributed by atoms with Gasteiger partial charge in [0, 0.05) is 31.7 Å². The number of aryl methyl sites for hydroxylation is 2. The molecule has 10 heteroatoms. The summed E-state index contributed by atoms with van der Waals surface area (Å²) >= 11 is 0. The van der Waals surface area contributed by atoms with Gasteiger partial charge in [-0.1, -0.05) is 25.1 Å². The molecule has 0 unspecified atom stereocenters. The molecule has 1 aromatic carbocycles. The fourth-order valence-electron chi connectivity index (χ4n) is 4.66. The van der Waals surface area contributed by atoms with Gasteiger partial charge in [-0.15, -0.1) is 0 Å². The molecule has 2 aromatic heterocycles. The van der Waals surface area contributed by atoms with Crippen LogP contribution < -0.4 is 15.4 Å². The molecule has 196 valence electrons. The first-order chi connectivity index (χ1) is 17.9. The second kappa shape index (κ2) is 11.4. The number of fused-ring (bicyclic) bond motifs is 1. The number of amides is 3. The largest absolute Gasteiger partial charge is 0.489 e. The van der Waals surface area contributed by atoms with Crippen LogP contribution in [0.15, 0.2) is 36.4 Å². The van der Waals surface area contributed by atoms with Crippen LogP contribution in [0.2, 0.25) is 0 Å². The van der Waals surface area contributed by atoms with Gasteiger partial charge in [0.25, 0.3) is 11.8 Å². The predicted octanol–water partition coefficient (Wildman–Crippen LogP) is 2.50. The number of carbonyl (C=O) groups is 3. The number of nitrogens with one attached hydrogen (secondary N) is 2. The molecule has 1 aliphatic rings. The minimum Gasteiger partial charge on any atom is -0.489 e. The molecule has 3 amide bonds. The summed E-state index contributed by atoms with van der Waals surface area (Å²) in [7, 11) is 1.80. The number of ether oxygens (including phenoxy) is 1. The zero-order valence-electron chi connectivity index (χ0n) is 21.4. The van der Waals surface area contributed by atoms with Crippen molar-refractivity contribution in [3.8, 4) is 5.75 Å². The number of likely N-dealkylation sites (tertiary alicyclic amines) is 1. The SMILES string of the molecule is CCOc1c(C(=O)NC2CCN(C(=O)CO)CC2)n(C)c2cc(CC)c(NC(=O)c3ccccc3)nc12. The van der Waals surface area contributed by atoms with E-state index in [-0.39, 0.29) is 23.8 Å². The molecule has 0 aliphatic carbocycles. The van der Waals surface area contributed by atoms with Crippen LogP contribution in [0.25, 0.3) is 11.0 Å². The normalized spacial score (nSPS) is 14.0. The number of rotatable bonds is 8. The number of carbonyl (C=O) groups excluding carboxylic acids is 3. The first-order valence-electron chi connectivity index (χ1n) is 12.6. The average molecular weight is 508 g/mol. The van der Waals surface area contributed by atoms with Gasteiger partial charge in [-0.25, -0.2) is 4.98 Å². The van der Waals surface area contributed by atoms with Gasteiger partial charge in [0.15, 0.2) is 11.4 Å². The lowest BCUT2D eigenvalue weighted by atomic mass is 10.0. The van der Waals surface area contributed by atoms with Crippen LogP contribution >= 0.6 is 0 Å². The molecule has 1 saturated heterocycles. The molecular formula is C27H33N5O5. The Bertz CT molecular complexity index is 1300. The number of nitrogens with zero attached hydrogens (tertiary/aromatic N) is 3. The number of piperidine rings is 1. The zero-order valence-corrected chi connectivity index (χ0v) is 21.4. The summed E-state index contributed by atoms with van der Waals surface area (Å²) in [6.45, 7) is 4.60. The summed E-state index contributed by atoms with van der Waals surface area (Å²) in [5.41, 5.74) is 2.95. The van der Waals surface area contributed by atoms with E-state index in [1.165, 1.54) is 0 Å².